The zero-order valence-corrected chi connectivity index (χ0v) is 9.64. The van der Waals surface area contributed by atoms with Crippen LogP contribution in [0.1, 0.15) is 39.4 Å². The van der Waals surface area contributed by atoms with Gasteiger partial charge in [0, 0.05) is 13.1 Å². The fourth-order valence-corrected chi connectivity index (χ4v) is 1.99. The van der Waals surface area contributed by atoms with Crippen molar-refractivity contribution in [2.75, 3.05) is 13.1 Å². The average Bonchev–Trinajstić information content (AvgIpc) is 2.80. The van der Waals surface area contributed by atoms with Gasteiger partial charge >= 0.3 is 5.97 Å². The third-order valence-corrected chi connectivity index (χ3v) is 2.93. The van der Waals surface area contributed by atoms with Crippen LogP contribution < -0.4 is 0 Å². The minimum atomic E-state index is -1.02. The Morgan fingerprint density at radius 1 is 1.29 bits per heavy atom. The molecule has 5 heteroatoms. The number of carboxylic acid groups (broad SMARTS) is 1. The van der Waals surface area contributed by atoms with Crippen molar-refractivity contribution in [1.82, 2.24) is 9.88 Å². The van der Waals surface area contributed by atoms with Gasteiger partial charge in [-0.3, -0.25) is 4.79 Å². The highest BCUT2D eigenvalue weighted by atomic mass is 16.4. The SMILES string of the molecule is Cc1nc(C(=O)N2CCCC2)ccc1C(=O)O. The second-order valence-electron chi connectivity index (χ2n) is 4.13. The van der Waals surface area contributed by atoms with Gasteiger partial charge in [0.2, 0.25) is 0 Å². The van der Waals surface area contributed by atoms with Crippen LogP contribution in [0.15, 0.2) is 12.1 Å². The van der Waals surface area contributed by atoms with E-state index in [-0.39, 0.29) is 11.5 Å². The Morgan fingerprint density at radius 3 is 2.47 bits per heavy atom. The highest BCUT2D eigenvalue weighted by Crippen LogP contribution is 2.13. The summed E-state index contributed by atoms with van der Waals surface area (Å²) in [5, 5.41) is 8.87. The number of nitrogens with zero attached hydrogens (tertiary/aromatic N) is 2. The molecular formula is C12H14N2O3. The van der Waals surface area contributed by atoms with Crippen LogP contribution in [0.25, 0.3) is 0 Å². The van der Waals surface area contributed by atoms with Crippen LogP contribution in [0.5, 0.6) is 0 Å². The Bertz CT molecular complexity index is 465. The maximum atomic E-state index is 12.0. The number of aryl methyl sites for hydroxylation is 1. The van der Waals surface area contributed by atoms with E-state index in [2.05, 4.69) is 4.98 Å². The van der Waals surface area contributed by atoms with Gasteiger partial charge in [-0.25, -0.2) is 9.78 Å². The molecule has 17 heavy (non-hydrogen) atoms. The number of carbonyl (C=O) groups is 2. The number of amides is 1. The third-order valence-electron chi connectivity index (χ3n) is 2.93. The Morgan fingerprint density at radius 2 is 1.94 bits per heavy atom. The molecule has 0 radical (unpaired) electrons. The van der Waals surface area contributed by atoms with E-state index in [9.17, 15) is 9.59 Å². The first-order valence-electron chi connectivity index (χ1n) is 5.60. The first-order valence-corrected chi connectivity index (χ1v) is 5.60. The van der Waals surface area contributed by atoms with Gasteiger partial charge in [0.05, 0.1) is 11.3 Å². The predicted octanol–water partition coefficient (Wildman–Crippen LogP) is 1.32. The molecule has 0 spiro atoms. The summed E-state index contributed by atoms with van der Waals surface area (Å²) >= 11 is 0. The van der Waals surface area contributed by atoms with Crippen molar-refractivity contribution in [1.29, 1.82) is 0 Å². The summed E-state index contributed by atoms with van der Waals surface area (Å²) in [7, 11) is 0. The van der Waals surface area contributed by atoms with Gasteiger partial charge in [0.1, 0.15) is 5.69 Å². The quantitative estimate of drug-likeness (QED) is 0.837. The molecule has 2 heterocycles. The number of carbonyl (C=O) groups excluding carboxylic acids is 1. The van der Waals surface area contributed by atoms with Gasteiger partial charge in [-0.1, -0.05) is 0 Å². The number of pyridine rings is 1. The Hall–Kier alpha value is -1.91. The highest BCUT2D eigenvalue weighted by Gasteiger charge is 2.21. The maximum Gasteiger partial charge on any atom is 0.337 e. The summed E-state index contributed by atoms with van der Waals surface area (Å²) in [5.74, 6) is -1.13. The summed E-state index contributed by atoms with van der Waals surface area (Å²) in [6.07, 6.45) is 2.05. The number of hydrogen-bond acceptors (Lipinski definition) is 3. The van der Waals surface area contributed by atoms with Crippen molar-refractivity contribution in [3.8, 4) is 0 Å². The number of aromatic carboxylic acids is 1. The minimum absolute atomic E-state index is 0.109. The van der Waals surface area contributed by atoms with Crippen LogP contribution >= 0.6 is 0 Å². The van der Waals surface area contributed by atoms with Crippen molar-refractivity contribution in [2.24, 2.45) is 0 Å². The maximum absolute atomic E-state index is 12.0. The summed E-state index contributed by atoms with van der Waals surface area (Å²) in [5.41, 5.74) is 0.847. The van der Waals surface area contributed by atoms with E-state index in [4.69, 9.17) is 5.11 Å². The molecule has 1 aromatic heterocycles. The largest absolute Gasteiger partial charge is 0.478 e. The zero-order valence-electron chi connectivity index (χ0n) is 9.64. The molecular weight excluding hydrogens is 220 g/mol. The van der Waals surface area contributed by atoms with E-state index in [1.165, 1.54) is 12.1 Å². The molecule has 1 fully saturated rings. The fourth-order valence-electron chi connectivity index (χ4n) is 1.99. The Labute approximate surface area is 99.1 Å². The second kappa shape index (κ2) is 4.53. The molecule has 90 valence electrons. The molecule has 0 bridgehead atoms. The lowest BCUT2D eigenvalue weighted by atomic mass is 10.2. The minimum Gasteiger partial charge on any atom is -0.478 e. The van der Waals surface area contributed by atoms with Crippen LogP contribution in [0.2, 0.25) is 0 Å². The first kappa shape index (κ1) is 11.6. The molecule has 5 nitrogen and oxygen atoms in total. The van der Waals surface area contributed by atoms with Crippen molar-refractivity contribution >= 4 is 11.9 Å². The topological polar surface area (TPSA) is 70.5 Å². The monoisotopic (exact) mass is 234 g/mol. The van der Waals surface area contributed by atoms with Crippen LogP contribution in [0.4, 0.5) is 0 Å². The Kier molecular flexibility index (Phi) is 3.08. The van der Waals surface area contributed by atoms with Gasteiger partial charge in [0.25, 0.3) is 5.91 Å². The molecule has 2 rings (SSSR count). The van der Waals surface area contributed by atoms with E-state index in [0.29, 0.717) is 11.4 Å². The number of rotatable bonds is 2. The van der Waals surface area contributed by atoms with Crippen molar-refractivity contribution in [3.05, 3.63) is 29.1 Å². The van der Waals surface area contributed by atoms with E-state index in [1.807, 2.05) is 0 Å². The summed E-state index contributed by atoms with van der Waals surface area (Å²) in [4.78, 5) is 28.6. The number of likely N-dealkylation sites (tertiary alicyclic amines) is 1. The predicted molar refractivity (Wildman–Crippen MR) is 61.1 cm³/mol. The third kappa shape index (κ3) is 2.27. The average molecular weight is 234 g/mol. The zero-order chi connectivity index (χ0) is 12.4. The van der Waals surface area contributed by atoms with Gasteiger partial charge < -0.3 is 10.0 Å². The molecule has 0 aliphatic carbocycles. The molecule has 1 N–H and O–H groups in total. The summed E-state index contributed by atoms with van der Waals surface area (Å²) in [6, 6.07) is 2.92. The van der Waals surface area contributed by atoms with E-state index >= 15 is 0 Å². The second-order valence-corrected chi connectivity index (χ2v) is 4.13. The lowest BCUT2D eigenvalue weighted by Crippen LogP contribution is -2.28. The number of aromatic nitrogens is 1. The molecule has 1 aromatic rings. The highest BCUT2D eigenvalue weighted by molar-refractivity contribution is 5.94. The molecule has 1 saturated heterocycles. The van der Waals surface area contributed by atoms with Crippen LogP contribution in [0, 0.1) is 6.92 Å². The molecule has 0 unspecified atom stereocenters. The molecule has 0 saturated carbocycles. The summed E-state index contributed by atoms with van der Waals surface area (Å²) in [6.45, 7) is 3.13. The summed E-state index contributed by atoms with van der Waals surface area (Å²) < 4.78 is 0. The van der Waals surface area contributed by atoms with Crippen molar-refractivity contribution in [2.45, 2.75) is 19.8 Å². The fraction of sp³-hybridized carbons (Fsp3) is 0.417. The molecule has 0 aromatic carbocycles. The van der Waals surface area contributed by atoms with Crippen molar-refractivity contribution in [3.63, 3.8) is 0 Å². The lowest BCUT2D eigenvalue weighted by Gasteiger charge is -2.14. The molecule has 0 atom stereocenters. The van der Waals surface area contributed by atoms with Crippen LogP contribution in [0.3, 0.4) is 0 Å². The van der Waals surface area contributed by atoms with Gasteiger partial charge in [-0.05, 0) is 31.9 Å². The van der Waals surface area contributed by atoms with E-state index in [0.717, 1.165) is 25.9 Å². The molecule has 1 aliphatic rings. The van der Waals surface area contributed by atoms with Gasteiger partial charge in [-0.15, -0.1) is 0 Å². The van der Waals surface area contributed by atoms with E-state index < -0.39 is 5.97 Å². The number of hydrogen-bond donors (Lipinski definition) is 1. The van der Waals surface area contributed by atoms with Crippen LogP contribution in [-0.4, -0.2) is 40.0 Å². The van der Waals surface area contributed by atoms with E-state index in [1.54, 1.807) is 11.8 Å². The molecule has 1 aliphatic heterocycles. The Balaban J connectivity index is 2.25. The normalized spacial score (nSPS) is 15.0. The van der Waals surface area contributed by atoms with Crippen molar-refractivity contribution < 1.29 is 14.7 Å². The van der Waals surface area contributed by atoms with Gasteiger partial charge in [-0.2, -0.15) is 0 Å². The van der Waals surface area contributed by atoms with Gasteiger partial charge in [0.15, 0.2) is 0 Å². The lowest BCUT2D eigenvalue weighted by molar-refractivity contribution is 0.0693. The standard InChI is InChI=1S/C12H14N2O3/c1-8-9(12(16)17)4-5-10(13-8)11(15)14-6-2-3-7-14/h4-5H,2-3,6-7H2,1H3,(H,16,17). The molecule has 1 amide bonds. The first-order chi connectivity index (χ1) is 8.09. The smallest absolute Gasteiger partial charge is 0.337 e. The number of carboxylic acids is 1. The van der Waals surface area contributed by atoms with Crippen LogP contribution in [-0.2, 0) is 0 Å².